The van der Waals surface area contributed by atoms with Crippen LogP contribution in [0.3, 0.4) is 0 Å². The SMILES string of the molecule is CCc1cc[c-]c(-c2cc(CC)ccn2)c1.[Ir]. The zero-order valence-corrected chi connectivity index (χ0v) is 12.6. The molecule has 0 amide bonds. The van der Waals surface area contributed by atoms with Crippen LogP contribution in [0.2, 0.25) is 0 Å². The van der Waals surface area contributed by atoms with Gasteiger partial charge in [0.2, 0.25) is 0 Å². The molecule has 0 N–H and O–H groups in total. The van der Waals surface area contributed by atoms with Crippen molar-refractivity contribution in [1.29, 1.82) is 0 Å². The molecule has 91 valence electrons. The van der Waals surface area contributed by atoms with Crippen LogP contribution in [0.5, 0.6) is 0 Å². The van der Waals surface area contributed by atoms with E-state index in [1.165, 1.54) is 11.1 Å². The maximum absolute atomic E-state index is 4.40. The number of rotatable bonds is 3. The number of hydrogen-bond donors (Lipinski definition) is 0. The second kappa shape index (κ2) is 6.68. The number of nitrogens with zero attached hydrogens (tertiary/aromatic N) is 1. The molecule has 0 unspecified atom stereocenters. The van der Waals surface area contributed by atoms with Crippen LogP contribution in [-0.2, 0) is 32.9 Å². The Morgan fingerprint density at radius 1 is 1.06 bits per heavy atom. The summed E-state index contributed by atoms with van der Waals surface area (Å²) in [4.78, 5) is 4.40. The van der Waals surface area contributed by atoms with Crippen molar-refractivity contribution in [2.45, 2.75) is 26.7 Å². The fraction of sp³-hybridized carbons (Fsp3) is 0.267. The summed E-state index contributed by atoms with van der Waals surface area (Å²) in [7, 11) is 0. The summed E-state index contributed by atoms with van der Waals surface area (Å²) in [6.45, 7) is 4.32. The van der Waals surface area contributed by atoms with Gasteiger partial charge in [-0.25, -0.2) is 0 Å². The Morgan fingerprint density at radius 3 is 2.47 bits per heavy atom. The molecule has 0 atom stereocenters. The minimum Gasteiger partial charge on any atom is -0.305 e. The van der Waals surface area contributed by atoms with Gasteiger partial charge in [-0.05, 0) is 24.6 Å². The van der Waals surface area contributed by atoms with E-state index in [0.29, 0.717) is 0 Å². The van der Waals surface area contributed by atoms with Gasteiger partial charge in [0.25, 0.3) is 0 Å². The number of aryl methyl sites for hydroxylation is 2. The van der Waals surface area contributed by atoms with Gasteiger partial charge in [0.1, 0.15) is 0 Å². The third-order valence-electron chi connectivity index (χ3n) is 2.78. The quantitative estimate of drug-likeness (QED) is 0.714. The second-order valence-corrected chi connectivity index (χ2v) is 3.87. The molecule has 0 aliphatic carbocycles. The number of hydrogen-bond acceptors (Lipinski definition) is 1. The standard InChI is InChI=1S/C15H16N.Ir/c1-3-12-6-5-7-14(10-12)15-11-13(4-2)8-9-16-15;/h5-6,8-11H,3-4H2,1-2H3;/q-1;. The van der Waals surface area contributed by atoms with Crippen molar-refractivity contribution < 1.29 is 20.1 Å². The minimum absolute atomic E-state index is 0. The van der Waals surface area contributed by atoms with Crippen LogP contribution >= 0.6 is 0 Å². The molecule has 0 bridgehead atoms. The molecule has 2 heteroatoms. The molecule has 2 rings (SSSR count). The second-order valence-electron chi connectivity index (χ2n) is 3.87. The van der Waals surface area contributed by atoms with Gasteiger partial charge in [-0.1, -0.05) is 25.5 Å². The van der Waals surface area contributed by atoms with Crippen LogP contribution in [0, 0.1) is 6.07 Å². The molecule has 0 aliphatic heterocycles. The third-order valence-corrected chi connectivity index (χ3v) is 2.78. The minimum atomic E-state index is 0. The predicted octanol–water partition coefficient (Wildman–Crippen LogP) is 3.67. The van der Waals surface area contributed by atoms with E-state index in [1.54, 1.807) is 0 Å². The van der Waals surface area contributed by atoms with Crippen molar-refractivity contribution in [2.75, 3.05) is 0 Å². The molecule has 2 aromatic rings. The van der Waals surface area contributed by atoms with Crippen molar-refractivity contribution in [1.82, 2.24) is 4.98 Å². The van der Waals surface area contributed by atoms with E-state index in [1.807, 2.05) is 12.3 Å². The Morgan fingerprint density at radius 2 is 1.76 bits per heavy atom. The van der Waals surface area contributed by atoms with Gasteiger partial charge in [-0.3, -0.25) is 0 Å². The summed E-state index contributed by atoms with van der Waals surface area (Å²) in [5, 5.41) is 0. The first-order chi connectivity index (χ1) is 7.83. The molecule has 0 fully saturated rings. The smallest absolute Gasteiger partial charge is 0.0163 e. The van der Waals surface area contributed by atoms with E-state index < -0.39 is 0 Å². The molecule has 1 radical (unpaired) electrons. The topological polar surface area (TPSA) is 12.9 Å². The van der Waals surface area contributed by atoms with Crippen LogP contribution in [0.15, 0.2) is 36.5 Å². The van der Waals surface area contributed by atoms with E-state index in [2.05, 4.69) is 49.2 Å². The fourth-order valence-electron chi connectivity index (χ4n) is 1.72. The molecular formula is C15H16IrN-. The number of pyridine rings is 1. The monoisotopic (exact) mass is 403 g/mol. The van der Waals surface area contributed by atoms with Crippen LogP contribution in [0.4, 0.5) is 0 Å². The first-order valence-corrected chi connectivity index (χ1v) is 5.79. The zero-order chi connectivity index (χ0) is 11.4. The number of benzene rings is 1. The summed E-state index contributed by atoms with van der Waals surface area (Å²) < 4.78 is 0. The van der Waals surface area contributed by atoms with Crippen LogP contribution in [0.25, 0.3) is 11.3 Å². The largest absolute Gasteiger partial charge is 0.305 e. The molecule has 0 aliphatic rings. The summed E-state index contributed by atoms with van der Waals surface area (Å²) in [6.07, 6.45) is 3.97. The van der Waals surface area contributed by atoms with E-state index in [0.717, 1.165) is 24.1 Å². The van der Waals surface area contributed by atoms with Crippen LogP contribution in [0.1, 0.15) is 25.0 Å². The van der Waals surface area contributed by atoms with Crippen molar-refractivity contribution in [3.05, 3.63) is 53.7 Å². The third kappa shape index (κ3) is 3.49. The normalized spacial score (nSPS) is 9.76. The van der Waals surface area contributed by atoms with Crippen molar-refractivity contribution in [3.63, 3.8) is 0 Å². The Hall–Kier alpha value is -0.981. The summed E-state index contributed by atoms with van der Waals surface area (Å²) in [5.41, 5.74) is 4.77. The molecule has 17 heavy (non-hydrogen) atoms. The van der Waals surface area contributed by atoms with Gasteiger partial charge >= 0.3 is 0 Å². The first-order valence-electron chi connectivity index (χ1n) is 5.79. The van der Waals surface area contributed by atoms with Crippen molar-refractivity contribution in [2.24, 2.45) is 0 Å². The van der Waals surface area contributed by atoms with E-state index in [9.17, 15) is 0 Å². The van der Waals surface area contributed by atoms with Crippen molar-refractivity contribution >= 4 is 0 Å². The van der Waals surface area contributed by atoms with Gasteiger partial charge in [0, 0.05) is 26.3 Å². The van der Waals surface area contributed by atoms with Crippen LogP contribution in [-0.4, -0.2) is 4.98 Å². The molecule has 0 saturated carbocycles. The van der Waals surface area contributed by atoms with Gasteiger partial charge in [-0.2, -0.15) is 0 Å². The zero-order valence-electron chi connectivity index (χ0n) is 10.2. The molecular weight excluding hydrogens is 386 g/mol. The van der Waals surface area contributed by atoms with Gasteiger partial charge in [0.15, 0.2) is 0 Å². The van der Waals surface area contributed by atoms with Gasteiger partial charge < -0.3 is 4.98 Å². The summed E-state index contributed by atoms with van der Waals surface area (Å²) >= 11 is 0. The molecule has 1 aromatic heterocycles. The number of aromatic nitrogens is 1. The maximum atomic E-state index is 4.40. The summed E-state index contributed by atoms with van der Waals surface area (Å²) in [5.74, 6) is 0. The average molecular weight is 403 g/mol. The van der Waals surface area contributed by atoms with Gasteiger partial charge in [-0.15, -0.1) is 35.4 Å². The first kappa shape index (κ1) is 14.1. The van der Waals surface area contributed by atoms with E-state index in [4.69, 9.17) is 0 Å². The van der Waals surface area contributed by atoms with Gasteiger partial charge in [0.05, 0.1) is 0 Å². The molecule has 1 aromatic carbocycles. The molecule has 1 heterocycles. The van der Waals surface area contributed by atoms with E-state index >= 15 is 0 Å². The summed E-state index contributed by atoms with van der Waals surface area (Å²) in [6, 6.07) is 13.7. The fourth-order valence-corrected chi connectivity index (χ4v) is 1.72. The predicted molar refractivity (Wildman–Crippen MR) is 67.3 cm³/mol. The molecule has 0 saturated heterocycles. The van der Waals surface area contributed by atoms with Crippen molar-refractivity contribution in [3.8, 4) is 11.3 Å². The van der Waals surface area contributed by atoms with Crippen LogP contribution < -0.4 is 0 Å². The average Bonchev–Trinajstić information content (AvgIpc) is 2.39. The molecule has 1 nitrogen and oxygen atoms in total. The molecule has 0 spiro atoms. The Balaban J connectivity index is 0.00000144. The Bertz CT molecular complexity index is 434. The Labute approximate surface area is 117 Å². The van der Waals surface area contributed by atoms with E-state index in [-0.39, 0.29) is 20.1 Å². The Kier molecular flexibility index (Phi) is 5.53. The maximum Gasteiger partial charge on any atom is 0.0163 e.